The first kappa shape index (κ1) is 30.3. The molecule has 3 N–H and O–H groups in total. The Morgan fingerprint density at radius 1 is 1.04 bits per heavy atom. The molecule has 3 heterocycles. The number of rotatable bonds is 8. The fraction of sp³-hybridized carbons (Fsp3) is 0.257. The molecule has 0 bridgehead atoms. The van der Waals surface area contributed by atoms with Crippen LogP contribution < -0.4 is 21.1 Å². The quantitative estimate of drug-likeness (QED) is 0.208. The van der Waals surface area contributed by atoms with Crippen LogP contribution in [0.15, 0.2) is 90.0 Å². The number of nitrogens with one attached hydrogen (secondary N) is 3. The van der Waals surface area contributed by atoms with Gasteiger partial charge in [-0.1, -0.05) is 42.5 Å². The van der Waals surface area contributed by atoms with Crippen LogP contribution in [-0.4, -0.2) is 42.8 Å². The molecule has 2 aromatic carbocycles. The van der Waals surface area contributed by atoms with Gasteiger partial charge in [0.2, 0.25) is 11.5 Å². The third kappa shape index (κ3) is 6.81. The Hall–Kier alpha value is -5.76. The SMILES string of the molecule is Cc1cc(-c2nc(NC3CCC(N(C(=O)NCc4ccccc4)c4ccc(-c5ccc(=O)n(C)c5)cc4)CC3)ncc2C#N)n[nH]1. The molecule has 2 amide bonds. The largest absolute Gasteiger partial charge is 0.351 e. The molecule has 0 radical (unpaired) electrons. The van der Waals surface area contributed by atoms with Gasteiger partial charge < -0.3 is 15.2 Å². The number of nitrogens with zero attached hydrogens (tertiary/aromatic N) is 6. The molecule has 232 valence electrons. The molecule has 5 aromatic rings. The Morgan fingerprint density at radius 3 is 2.46 bits per heavy atom. The highest BCUT2D eigenvalue weighted by Gasteiger charge is 2.30. The minimum absolute atomic E-state index is 0.0123. The van der Waals surface area contributed by atoms with Crippen LogP contribution in [0.3, 0.4) is 0 Å². The molecule has 0 saturated heterocycles. The average molecular weight is 614 g/mol. The van der Waals surface area contributed by atoms with E-state index >= 15 is 0 Å². The number of urea groups is 1. The van der Waals surface area contributed by atoms with Gasteiger partial charge in [0.25, 0.3) is 0 Å². The number of carbonyl (C=O) groups excluding carboxylic acids is 1. The summed E-state index contributed by atoms with van der Waals surface area (Å²) in [6.45, 7) is 2.33. The number of H-pyrrole nitrogens is 1. The van der Waals surface area contributed by atoms with Gasteiger partial charge >= 0.3 is 6.03 Å². The minimum atomic E-state index is -0.149. The molecule has 11 heteroatoms. The fourth-order valence-corrected chi connectivity index (χ4v) is 5.86. The summed E-state index contributed by atoms with van der Waals surface area (Å²) in [4.78, 5) is 36.5. The maximum absolute atomic E-state index is 13.8. The van der Waals surface area contributed by atoms with Gasteiger partial charge in [0.05, 0.1) is 11.8 Å². The Morgan fingerprint density at radius 2 is 1.78 bits per heavy atom. The van der Waals surface area contributed by atoms with Crippen LogP contribution in [0.2, 0.25) is 0 Å². The lowest BCUT2D eigenvalue weighted by Crippen LogP contribution is -2.48. The zero-order valence-electron chi connectivity index (χ0n) is 25.8. The van der Waals surface area contributed by atoms with E-state index in [-0.39, 0.29) is 23.7 Å². The molecule has 1 aliphatic carbocycles. The number of benzene rings is 2. The molecule has 0 atom stereocenters. The van der Waals surface area contributed by atoms with Gasteiger partial charge in [0.15, 0.2) is 0 Å². The first-order chi connectivity index (χ1) is 22.4. The van der Waals surface area contributed by atoms with Crippen molar-refractivity contribution in [2.75, 3.05) is 10.2 Å². The van der Waals surface area contributed by atoms with Gasteiger partial charge in [-0.2, -0.15) is 10.4 Å². The second-order valence-corrected chi connectivity index (χ2v) is 11.6. The summed E-state index contributed by atoms with van der Waals surface area (Å²) in [5, 5.41) is 23.3. The Kier molecular flexibility index (Phi) is 8.87. The van der Waals surface area contributed by atoms with Crippen molar-refractivity contribution in [3.8, 4) is 28.6 Å². The number of aromatic amines is 1. The van der Waals surface area contributed by atoms with Crippen molar-refractivity contribution in [1.29, 1.82) is 5.26 Å². The van der Waals surface area contributed by atoms with E-state index in [0.29, 0.717) is 29.4 Å². The monoisotopic (exact) mass is 613 g/mol. The smallest absolute Gasteiger partial charge is 0.322 e. The van der Waals surface area contributed by atoms with Crippen LogP contribution in [0.1, 0.15) is 42.5 Å². The Labute approximate surface area is 267 Å². The van der Waals surface area contributed by atoms with Gasteiger partial charge in [-0.3, -0.25) is 14.8 Å². The predicted octanol–water partition coefficient (Wildman–Crippen LogP) is 5.55. The minimum Gasteiger partial charge on any atom is -0.351 e. The number of nitriles is 1. The summed E-state index contributed by atoms with van der Waals surface area (Å²) in [5.74, 6) is 0.449. The fourth-order valence-electron chi connectivity index (χ4n) is 5.86. The van der Waals surface area contributed by atoms with Crippen molar-refractivity contribution in [1.82, 2.24) is 30.0 Å². The number of hydrogen-bond acceptors (Lipinski definition) is 7. The summed E-state index contributed by atoms with van der Waals surface area (Å²) >= 11 is 0. The number of hydrogen-bond donors (Lipinski definition) is 3. The third-order valence-electron chi connectivity index (χ3n) is 8.32. The van der Waals surface area contributed by atoms with Crippen molar-refractivity contribution in [3.05, 3.63) is 112 Å². The van der Waals surface area contributed by atoms with Crippen LogP contribution in [0.25, 0.3) is 22.5 Å². The molecule has 3 aromatic heterocycles. The highest BCUT2D eigenvalue weighted by atomic mass is 16.2. The highest BCUT2D eigenvalue weighted by molar-refractivity contribution is 5.93. The summed E-state index contributed by atoms with van der Waals surface area (Å²) in [6, 6.07) is 25.1. The molecule has 0 unspecified atom stereocenters. The maximum atomic E-state index is 13.8. The van der Waals surface area contributed by atoms with E-state index in [0.717, 1.165) is 53.8 Å². The van der Waals surface area contributed by atoms with E-state index in [2.05, 4.69) is 36.9 Å². The molecule has 11 nitrogen and oxygen atoms in total. The van der Waals surface area contributed by atoms with E-state index in [1.807, 2.05) is 84.8 Å². The Bertz CT molecular complexity index is 1920. The number of pyridine rings is 1. The lowest BCUT2D eigenvalue weighted by atomic mass is 9.90. The molecule has 1 fully saturated rings. The molecule has 0 aliphatic heterocycles. The van der Waals surface area contributed by atoms with E-state index in [9.17, 15) is 14.9 Å². The number of anilines is 2. The third-order valence-corrected chi connectivity index (χ3v) is 8.32. The molecule has 46 heavy (non-hydrogen) atoms. The van der Waals surface area contributed by atoms with E-state index in [1.165, 1.54) is 6.20 Å². The topological polar surface area (TPSA) is 145 Å². The second kappa shape index (κ2) is 13.5. The van der Waals surface area contributed by atoms with E-state index < -0.39 is 0 Å². The molecule has 6 rings (SSSR count). The van der Waals surface area contributed by atoms with Gasteiger partial charge in [0.1, 0.15) is 17.5 Å². The molecular weight excluding hydrogens is 578 g/mol. The van der Waals surface area contributed by atoms with Crippen molar-refractivity contribution >= 4 is 17.7 Å². The van der Waals surface area contributed by atoms with Crippen LogP contribution >= 0.6 is 0 Å². The van der Waals surface area contributed by atoms with Crippen molar-refractivity contribution in [2.45, 2.75) is 51.2 Å². The van der Waals surface area contributed by atoms with Crippen LogP contribution in [0.4, 0.5) is 16.4 Å². The van der Waals surface area contributed by atoms with Crippen LogP contribution in [-0.2, 0) is 13.6 Å². The van der Waals surface area contributed by atoms with Gasteiger partial charge in [-0.05, 0) is 73.6 Å². The van der Waals surface area contributed by atoms with Crippen molar-refractivity contribution < 1.29 is 4.79 Å². The molecular formula is C35H35N9O2. The number of carbonyl (C=O) groups is 1. The van der Waals surface area contributed by atoms with Crippen LogP contribution in [0.5, 0.6) is 0 Å². The lowest BCUT2D eigenvalue weighted by molar-refractivity contribution is 0.240. The number of amides is 2. The second-order valence-electron chi connectivity index (χ2n) is 11.6. The predicted molar refractivity (Wildman–Crippen MR) is 177 cm³/mol. The summed E-state index contributed by atoms with van der Waals surface area (Å²) < 4.78 is 1.56. The summed E-state index contributed by atoms with van der Waals surface area (Å²) in [6.07, 6.45) is 6.51. The van der Waals surface area contributed by atoms with Crippen molar-refractivity contribution in [2.24, 2.45) is 7.05 Å². The van der Waals surface area contributed by atoms with E-state index in [1.54, 1.807) is 17.7 Å². The highest BCUT2D eigenvalue weighted by Crippen LogP contribution is 2.31. The van der Waals surface area contributed by atoms with Crippen LogP contribution in [0, 0.1) is 18.3 Å². The summed E-state index contributed by atoms with van der Waals surface area (Å²) in [7, 11) is 1.73. The summed E-state index contributed by atoms with van der Waals surface area (Å²) in [5.41, 5.74) is 5.99. The van der Waals surface area contributed by atoms with Crippen molar-refractivity contribution in [3.63, 3.8) is 0 Å². The van der Waals surface area contributed by atoms with Gasteiger partial charge in [-0.15, -0.1) is 0 Å². The zero-order valence-corrected chi connectivity index (χ0v) is 25.8. The Balaban J connectivity index is 1.18. The molecule has 1 aliphatic rings. The standard InChI is InChI=1S/C35H35N9O2/c1-23-18-31(42-41-23)33-27(19-36)21-37-34(40-33)39-28-11-15-30(16-12-28)44(35(46)38-20-24-6-4-3-5-7-24)29-13-8-25(9-14-29)26-10-17-32(45)43(2)22-26/h3-10,13-14,17-18,21-22,28,30H,11-12,15-16,20H2,1-2H3,(H,38,46)(H,41,42)(H,37,39,40). The first-order valence-corrected chi connectivity index (χ1v) is 15.3. The number of aromatic nitrogens is 5. The first-order valence-electron chi connectivity index (χ1n) is 15.3. The van der Waals surface area contributed by atoms with E-state index in [4.69, 9.17) is 0 Å². The molecule has 0 spiro atoms. The lowest BCUT2D eigenvalue weighted by Gasteiger charge is -2.37. The maximum Gasteiger partial charge on any atom is 0.322 e. The zero-order chi connectivity index (χ0) is 32.0. The number of aryl methyl sites for hydroxylation is 2. The normalized spacial score (nSPS) is 15.9. The average Bonchev–Trinajstić information content (AvgIpc) is 3.52. The molecule has 1 saturated carbocycles. The van der Waals surface area contributed by atoms with Gasteiger partial charge in [0, 0.05) is 49.3 Å². The van der Waals surface area contributed by atoms with Gasteiger partial charge in [-0.25, -0.2) is 14.8 Å².